The van der Waals surface area contributed by atoms with E-state index >= 15 is 0 Å². The van der Waals surface area contributed by atoms with E-state index in [-0.39, 0.29) is 122 Å². The summed E-state index contributed by atoms with van der Waals surface area (Å²) in [5.74, 6) is -0.619. The first-order valence-corrected chi connectivity index (χ1v) is 20.2. The molecule has 0 saturated carbocycles. The Morgan fingerprint density at radius 1 is 0.808 bits per heavy atom. The minimum atomic E-state index is -0.780. The molecule has 0 aromatic carbocycles. The number of aliphatic hydroxyl groups excluding tert-OH is 1. The second-order valence-corrected chi connectivity index (χ2v) is 17.4. The fourth-order valence-electron chi connectivity index (χ4n) is 11.3. The molecule has 10 aliphatic rings. The number of nitrogens with two attached hydrogens (primary N) is 1. The zero-order valence-corrected chi connectivity index (χ0v) is 30.8. The summed E-state index contributed by atoms with van der Waals surface area (Å²) in [6.07, 6.45) is 4.85. The average Bonchev–Trinajstić information content (AvgIpc) is 3.79. The lowest BCUT2D eigenvalue weighted by Crippen LogP contribution is -2.61. The van der Waals surface area contributed by atoms with Crippen LogP contribution in [-0.4, -0.2) is 128 Å². The van der Waals surface area contributed by atoms with E-state index in [2.05, 4.69) is 20.1 Å². The monoisotopic (exact) mass is 729 g/mol. The van der Waals surface area contributed by atoms with Crippen LogP contribution in [0.2, 0.25) is 0 Å². The van der Waals surface area contributed by atoms with Crippen LogP contribution in [0.4, 0.5) is 0 Å². The Kier molecular flexibility index (Phi) is 10.0. The van der Waals surface area contributed by atoms with Gasteiger partial charge in [-0.1, -0.05) is 20.1 Å². The van der Waals surface area contributed by atoms with Crippen LogP contribution in [0, 0.1) is 11.8 Å². The molecule has 52 heavy (non-hydrogen) atoms. The number of ketones is 1. The van der Waals surface area contributed by atoms with Gasteiger partial charge in [0.15, 0.2) is 5.79 Å². The smallest absolute Gasteiger partial charge is 0.172 e. The van der Waals surface area contributed by atoms with E-state index in [4.69, 9.17) is 48.4 Å². The Balaban J connectivity index is 0.994. The van der Waals surface area contributed by atoms with Gasteiger partial charge in [-0.25, -0.2) is 0 Å². The third kappa shape index (κ3) is 6.59. The van der Waals surface area contributed by atoms with Crippen molar-refractivity contribution in [3.63, 3.8) is 0 Å². The molecular formula is C40H59NO11. The Morgan fingerprint density at radius 2 is 1.56 bits per heavy atom. The van der Waals surface area contributed by atoms with Crippen LogP contribution < -0.4 is 5.73 Å². The minimum Gasteiger partial charge on any atom is -0.392 e. The first kappa shape index (κ1) is 36.4. The molecule has 0 aromatic rings. The van der Waals surface area contributed by atoms with E-state index in [0.717, 1.165) is 56.1 Å². The zero-order chi connectivity index (χ0) is 35.9. The SMILES string of the molecule is C=C1C2C[C@@H]3OC(C[C@H](O)CN)[C@H](OC)C3CC(=O)C[C@H]3CC[C@@H]4O[C@@H]5[C@H]6O[C@@H]7C[C@](CC[C@H]8CC(=C)[C@H](CCC(C[C@H]1C)O2)O8)(O[C@H]6[C@H]4O3)O[C@H]57. The maximum Gasteiger partial charge on any atom is 0.172 e. The van der Waals surface area contributed by atoms with Gasteiger partial charge in [-0.05, 0) is 62.0 Å². The molecule has 0 amide bonds. The van der Waals surface area contributed by atoms with Crippen molar-refractivity contribution in [3.8, 4) is 0 Å². The van der Waals surface area contributed by atoms with Crippen LogP contribution in [0.15, 0.2) is 24.3 Å². The summed E-state index contributed by atoms with van der Waals surface area (Å²) in [5, 5.41) is 10.5. The number of carbonyl (C=O) groups is 1. The predicted molar refractivity (Wildman–Crippen MR) is 186 cm³/mol. The van der Waals surface area contributed by atoms with Gasteiger partial charge in [0.25, 0.3) is 0 Å². The number of carbonyl (C=O) groups excluding carboxylic acids is 1. The van der Waals surface area contributed by atoms with E-state index in [1.807, 2.05) is 0 Å². The van der Waals surface area contributed by atoms with E-state index in [1.165, 1.54) is 0 Å². The highest BCUT2D eigenvalue weighted by atomic mass is 16.8. The van der Waals surface area contributed by atoms with Gasteiger partial charge >= 0.3 is 0 Å². The Bertz CT molecular complexity index is 1380. The molecule has 3 N–H and O–H groups in total. The molecule has 0 aromatic heterocycles. The van der Waals surface area contributed by atoms with Crippen molar-refractivity contribution in [3.05, 3.63) is 24.3 Å². The number of Topliss-reactive ketones (excluding diaryl/α,β-unsaturated/α-hetero) is 1. The normalized spacial score (nSPS) is 52.4. The molecule has 10 heterocycles. The number of methoxy groups -OCH3 is 1. The molecule has 290 valence electrons. The highest BCUT2D eigenvalue weighted by Crippen LogP contribution is 2.54. The number of rotatable bonds is 4. The van der Waals surface area contributed by atoms with Crippen molar-refractivity contribution >= 4 is 5.78 Å². The van der Waals surface area contributed by atoms with Gasteiger partial charge < -0.3 is 53.5 Å². The van der Waals surface area contributed by atoms with Crippen LogP contribution >= 0.6 is 0 Å². The minimum absolute atomic E-state index is 0.0158. The number of ether oxygens (including phenoxy) is 9. The van der Waals surface area contributed by atoms with E-state index in [9.17, 15) is 9.90 Å². The highest BCUT2D eigenvalue weighted by molar-refractivity contribution is 5.79. The van der Waals surface area contributed by atoms with E-state index in [1.54, 1.807) is 7.11 Å². The van der Waals surface area contributed by atoms with Crippen LogP contribution in [0.3, 0.4) is 0 Å². The summed E-state index contributed by atoms with van der Waals surface area (Å²) in [7, 11) is 1.66. The quantitative estimate of drug-likeness (QED) is 0.409. The van der Waals surface area contributed by atoms with Gasteiger partial charge in [-0.3, -0.25) is 4.79 Å². The largest absolute Gasteiger partial charge is 0.392 e. The molecule has 0 radical (unpaired) electrons. The fraction of sp³-hybridized carbons (Fsp3) is 0.875. The molecule has 10 rings (SSSR count). The van der Waals surface area contributed by atoms with Crippen LogP contribution in [-0.2, 0) is 47.4 Å². The molecule has 12 heteroatoms. The van der Waals surface area contributed by atoms with Gasteiger partial charge in [-0.15, -0.1) is 0 Å². The Hall–Kier alpha value is -1.29. The molecule has 1 spiro atoms. The van der Waals surface area contributed by atoms with Crippen molar-refractivity contribution in [2.24, 2.45) is 17.6 Å². The molecule has 10 saturated heterocycles. The molecule has 0 aliphatic carbocycles. The lowest BCUT2D eigenvalue weighted by atomic mass is 9.81. The molecule has 12 bridgehead atoms. The van der Waals surface area contributed by atoms with Crippen molar-refractivity contribution in [2.75, 3.05) is 13.7 Å². The van der Waals surface area contributed by atoms with Crippen molar-refractivity contribution in [1.82, 2.24) is 0 Å². The summed E-state index contributed by atoms with van der Waals surface area (Å²) >= 11 is 0. The number of aliphatic hydroxyl groups is 1. The summed E-state index contributed by atoms with van der Waals surface area (Å²) in [5.41, 5.74) is 8.01. The molecule has 4 unspecified atom stereocenters. The van der Waals surface area contributed by atoms with E-state index in [0.29, 0.717) is 25.7 Å². The lowest BCUT2D eigenvalue weighted by molar-refractivity contribution is -0.292. The maximum atomic E-state index is 14.1. The standard InChI is InChI=1S/C40H59NO11/c1-19-11-24-5-7-28-20(2)12-26(45-28)9-10-40-17-33-36(51-40)37-38(50-33)39(52-40)35-29(49-37)8-6-25(47-35)13-22(42)14-27-31(16-30(46-24)21(19)3)48-32(34(27)44-4)15-23(43)18-41/h19,23-39,43H,2-3,5-18,41H2,1,4H3/t19-,23+,24?,25-,26+,27?,28+,29+,30?,31+,32?,33-,34-,35+,36+,37+,38-,39+,40+/m1/s1. The van der Waals surface area contributed by atoms with Crippen molar-refractivity contribution in [1.29, 1.82) is 0 Å². The van der Waals surface area contributed by atoms with E-state index < -0.39 is 18.0 Å². The summed E-state index contributed by atoms with van der Waals surface area (Å²) in [6, 6.07) is 0. The summed E-state index contributed by atoms with van der Waals surface area (Å²) in [6.45, 7) is 11.3. The van der Waals surface area contributed by atoms with Crippen molar-refractivity contribution in [2.45, 2.75) is 194 Å². The van der Waals surface area contributed by atoms with Gasteiger partial charge in [0.05, 0.1) is 67.1 Å². The predicted octanol–water partition coefficient (Wildman–Crippen LogP) is 3.44. The second kappa shape index (κ2) is 14.3. The third-order valence-corrected chi connectivity index (χ3v) is 14.0. The third-order valence-electron chi connectivity index (χ3n) is 14.0. The molecule has 10 fully saturated rings. The fourth-order valence-corrected chi connectivity index (χ4v) is 11.3. The lowest BCUT2D eigenvalue weighted by Gasteiger charge is -2.47. The zero-order valence-electron chi connectivity index (χ0n) is 30.8. The first-order chi connectivity index (χ1) is 25.1. The summed E-state index contributed by atoms with van der Waals surface area (Å²) < 4.78 is 60.0. The number of fused-ring (bicyclic) bond motifs is 6. The second-order valence-electron chi connectivity index (χ2n) is 17.4. The Labute approximate surface area is 307 Å². The topological polar surface area (TPSA) is 146 Å². The van der Waals surface area contributed by atoms with Crippen molar-refractivity contribution < 1.29 is 52.5 Å². The van der Waals surface area contributed by atoms with Gasteiger partial charge in [-0.2, -0.15) is 0 Å². The van der Waals surface area contributed by atoms with Gasteiger partial charge in [0, 0.05) is 58.1 Å². The Morgan fingerprint density at radius 3 is 2.38 bits per heavy atom. The van der Waals surface area contributed by atoms with Crippen LogP contribution in [0.1, 0.15) is 90.4 Å². The molecule has 19 atom stereocenters. The summed E-state index contributed by atoms with van der Waals surface area (Å²) in [4.78, 5) is 14.1. The average molecular weight is 730 g/mol. The van der Waals surface area contributed by atoms with Gasteiger partial charge in [0.2, 0.25) is 0 Å². The molecule has 10 aliphatic heterocycles. The van der Waals surface area contributed by atoms with Crippen LogP contribution in [0.5, 0.6) is 0 Å². The number of hydrogen-bond acceptors (Lipinski definition) is 12. The molecule has 12 nitrogen and oxygen atoms in total. The molecular weight excluding hydrogens is 670 g/mol. The van der Waals surface area contributed by atoms with Gasteiger partial charge in [0.1, 0.15) is 36.3 Å². The maximum absolute atomic E-state index is 14.1. The van der Waals surface area contributed by atoms with Crippen LogP contribution in [0.25, 0.3) is 0 Å². The first-order valence-electron chi connectivity index (χ1n) is 20.2. The highest BCUT2D eigenvalue weighted by Gasteiger charge is 2.68. The number of hydrogen-bond donors (Lipinski definition) is 2.